The van der Waals surface area contributed by atoms with Crippen LogP contribution in [0.15, 0.2) is 46.1 Å². The Morgan fingerprint density at radius 3 is 2.71 bits per heavy atom. The van der Waals surface area contributed by atoms with Crippen molar-refractivity contribution in [2.75, 3.05) is 5.75 Å². The molecular weight excluding hydrogens is 474 g/mol. The van der Waals surface area contributed by atoms with Crippen LogP contribution >= 0.6 is 23.4 Å². The highest BCUT2D eigenvalue weighted by Gasteiger charge is 2.30. The van der Waals surface area contributed by atoms with E-state index in [1.807, 2.05) is 55.7 Å². The molecule has 5 rings (SSSR count). The predicted molar refractivity (Wildman–Crippen MR) is 129 cm³/mol. The molecule has 0 saturated heterocycles. The van der Waals surface area contributed by atoms with E-state index in [9.17, 15) is 4.79 Å². The van der Waals surface area contributed by atoms with Crippen LogP contribution < -0.4 is 4.74 Å². The first-order valence-electron chi connectivity index (χ1n) is 11.0. The maximum absolute atomic E-state index is 13.1. The van der Waals surface area contributed by atoms with Crippen molar-refractivity contribution in [2.24, 2.45) is 0 Å². The maximum Gasteiger partial charge on any atom is 0.192 e. The van der Waals surface area contributed by atoms with Gasteiger partial charge in [-0.05, 0) is 51.8 Å². The summed E-state index contributed by atoms with van der Waals surface area (Å²) < 4.78 is 15.1. The Hall–Kier alpha value is -3.04. The van der Waals surface area contributed by atoms with Gasteiger partial charge in [-0.3, -0.25) is 13.9 Å². The number of hydrogen-bond acceptors (Lipinski definition) is 7. The first kappa shape index (κ1) is 22.7. The van der Waals surface area contributed by atoms with E-state index in [0.717, 1.165) is 41.0 Å². The Balaban J connectivity index is 1.30. The van der Waals surface area contributed by atoms with Crippen LogP contribution in [0.3, 0.4) is 0 Å². The summed E-state index contributed by atoms with van der Waals surface area (Å²) in [5.41, 5.74) is 2.44. The molecule has 0 radical (unpaired) electrons. The van der Waals surface area contributed by atoms with Crippen molar-refractivity contribution >= 4 is 29.1 Å². The fourth-order valence-corrected chi connectivity index (χ4v) is 5.07. The first-order valence-corrected chi connectivity index (χ1v) is 12.4. The van der Waals surface area contributed by atoms with Crippen LogP contribution in [0, 0.1) is 20.8 Å². The summed E-state index contributed by atoms with van der Waals surface area (Å²) in [6.07, 6.45) is 2.13. The van der Waals surface area contributed by atoms with Crippen LogP contribution in [0.5, 0.6) is 5.75 Å². The van der Waals surface area contributed by atoms with Crippen LogP contribution in [0.2, 0.25) is 5.02 Å². The molecule has 34 heavy (non-hydrogen) atoms. The van der Waals surface area contributed by atoms with E-state index in [4.69, 9.17) is 20.9 Å². The standard InChI is InChI=1S/C24H24ClN5O3S/c1-14-10-18(16(3)29(14)22-11-15(2)33-28-22)20(31)13-34-24-27-26-23(30(24)17-8-9-17)12-32-21-7-5-4-6-19(21)25/h4-7,10-11,17H,8-9,12-13H2,1-3H3. The maximum atomic E-state index is 13.1. The van der Waals surface area contributed by atoms with E-state index in [2.05, 4.69) is 19.9 Å². The zero-order valence-electron chi connectivity index (χ0n) is 19.1. The van der Waals surface area contributed by atoms with Crippen molar-refractivity contribution in [3.63, 3.8) is 0 Å². The van der Waals surface area contributed by atoms with Gasteiger partial charge in [0.05, 0.1) is 10.8 Å². The number of carbonyl (C=O) groups is 1. The molecule has 3 heterocycles. The lowest BCUT2D eigenvalue weighted by molar-refractivity contribution is 0.102. The Labute approximate surface area is 206 Å². The highest BCUT2D eigenvalue weighted by Crippen LogP contribution is 2.39. The molecule has 1 saturated carbocycles. The molecule has 10 heteroatoms. The number of thioether (sulfide) groups is 1. The van der Waals surface area contributed by atoms with Gasteiger partial charge >= 0.3 is 0 Å². The summed E-state index contributed by atoms with van der Waals surface area (Å²) in [5.74, 6) is 3.03. The van der Waals surface area contributed by atoms with Crippen LogP contribution in [-0.2, 0) is 6.61 Å². The minimum Gasteiger partial charge on any atom is -0.484 e. The molecule has 0 bridgehead atoms. The molecule has 0 N–H and O–H groups in total. The van der Waals surface area contributed by atoms with Crippen molar-refractivity contribution in [3.05, 3.63) is 70.0 Å². The van der Waals surface area contributed by atoms with Crippen molar-refractivity contribution < 1.29 is 14.1 Å². The quantitative estimate of drug-likeness (QED) is 0.222. The molecule has 1 fully saturated rings. The molecule has 4 aromatic rings. The number of nitrogens with zero attached hydrogens (tertiary/aromatic N) is 5. The highest BCUT2D eigenvalue weighted by molar-refractivity contribution is 7.99. The van der Waals surface area contributed by atoms with Crippen molar-refractivity contribution in [2.45, 2.75) is 51.4 Å². The Kier molecular flexibility index (Phi) is 6.22. The number of Topliss-reactive ketones (excluding diaryl/α,β-unsaturated/α-hetero) is 1. The lowest BCUT2D eigenvalue weighted by atomic mass is 10.2. The van der Waals surface area contributed by atoms with E-state index in [-0.39, 0.29) is 18.1 Å². The third-order valence-electron chi connectivity index (χ3n) is 5.75. The summed E-state index contributed by atoms with van der Waals surface area (Å²) >= 11 is 7.60. The van der Waals surface area contributed by atoms with Crippen LogP contribution in [0.1, 0.15) is 52.2 Å². The second kappa shape index (κ2) is 9.31. The molecule has 0 spiro atoms. The first-order chi connectivity index (χ1) is 16.4. The fourth-order valence-electron chi connectivity index (χ4n) is 3.97. The SMILES string of the molecule is Cc1cc(-n2c(C)cc(C(=O)CSc3nnc(COc4ccccc4Cl)n3C3CC3)c2C)no1. The molecule has 0 amide bonds. The number of para-hydroxylation sites is 1. The molecule has 176 valence electrons. The molecular formula is C24H24ClN5O3S. The van der Waals surface area contributed by atoms with Gasteiger partial charge in [-0.15, -0.1) is 10.2 Å². The molecule has 1 aromatic carbocycles. The molecule has 1 aliphatic rings. The van der Waals surface area contributed by atoms with Gasteiger partial charge in [0.25, 0.3) is 0 Å². The number of aromatic nitrogens is 5. The number of ketones is 1. The average Bonchev–Trinajstić information content (AvgIpc) is 3.32. The van der Waals surface area contributed by atoms with Crippen molar-refractivity contribution in [1.29, 1.82) is 0 Å². The number of aryl methyl sites for hydroxylation is 2. The van der Waals surface area contributed by atoms with Gasteiger partial charge in [-0.1, -0.05) is 40.7 Å². The largest absolute Gasteiger partial charge is 0.484 e. The Morgan fingerprint density at radius 1 is 1.21 bits per heavy atom. The second-order valence-electron chi connectivity index (χ2n) is 8.35. The number of carbonyl (C=O) groups excluding carboxylic acids is 1. The predicted octanol–water partition coefficient (Wildman–Crippen LogP) is 5.52. The van der Waals surface area contributed by atoms with Gasteiger partial charge in [-0.25, -0.2) is 0 Å². The third-order valence-corrected chi connectivity index (χ3v) is 7.00. The van der Waals surface area contributed by atoms with Gasteiger partial charge in [-0.2, -0.15) is 0 Å². The Morgan fingerprint density at radius 2 is 2.00 bits per heavy atom. The fraction of sp³-hybridized carbons (Fsp3) is 0.333. The summed E-state index contributed by atoms with van der Waals surface area (Å²) in [6.45, 7) is 5.98. The molecule has 8 nitrogen and oxygen atoms in total. The highest BCUT2D eigenvalue weighted by atomic mass is 35.5. The number of rotatable bonds is 9. The number of halogens is 1. The number of benzene rings is 1. The molecule has 0 aliphatic heterocycles. The van der Waals surface area contributed by atoms with Gasteiger partial charge in [0.2, 0.25) is 0 Å². The zero-order chi connectivity index (χ0) is 23.8. The van der Waals surface area contributed by atoms with Gasteiger partial charge in [0, 0.05) is 29.1 Å². The number of hydrogen-bond donors (Lipinski definition) is 0. The second-order valence-corrected chi connectivity index (χ2v) is 9.70. The summed E-state index contributed by atoms with van der Waals surface area (Å²) in [7, 11) is 0. The molecule has 1 aliphatic carbocycles. The molecule has 0 atom stereocenters. The Bertz CT molecular complexity index is 1350. The number of ether oxygens (including phenoxy) is 1. The minimum atomic E-state index is 0.0313. The monoisotopic (exact) mass is 497 g/mol. The van der Waals surface area contributed by atoms with Crippen LogP contribution in [-0.4, -0.2) is 36.0 Å². The molecule has 0 unspecified atom stereocenters. The summed E-state index contributed by atoms with van der Waals surface area (Å²) in [5, 5.41) is 14.1. The lowest BCUT2D eigenvalue weighted by Gasteiger charge is -2.10. The van der Waals surface area contributed by atoms with Crippen molar-refractivity contribution in [1.82, 2.24) is 24.5 Å². The normalized spacial score (nSPS) is 13.4. The third kappa shape index (κ3) is 4.50. The smallest absolute Gasteiger partial charge is 0.192 e. The van der Waals surface area contributed by atoms with E-state index in [1.54, 1.807) is 6.07 Å². The van der Waals surface area contributed by atoms with E-state index in [1.165, 1.54) is 11.8 Å². The topological polar surface area (TPSA) is 88.0 Å². The van der Waals surface area contributed by atoms with Crippen LogP contribution in [0.4, 0.5) is 0 Å². The lowest BCUT2D eigenvalue weighted by Crippen LogP contribution is -2.09. The summed E-state index contributed by atoms with van der Waals surface area (Å²) in [6, 6.07) is 11.4. The average molecular weight is 498 g/mol. The van der Waals surface area contributed by atoms with Crippen molar-refractivity contribution in [3.8, 4) is 11.6 Å². The zero-order valence-corrected chi connectivity index (χ0v) is 20.7. The summed E-state index contributed by atoms with van der Waals surface area (Å²) in [4.78, 5) is 13.1. The van der Waals surface area contributed by atoms with Gasteiger partial charge in [0.15, 0.2) is 22.6 Å². The van der Waals surface area contributed by atoms with Crippen LogP contribution in [0.25, 0.3) is 5.82 Å². The van der Waals surface area contributed by atoms with E-state index >= 15 is 0 Å². The van der Waals surface area contributed by atoms with E-state index < -0.39 is 0 Å². The molecule has 3 aromatic heterocycles. The van der Waals surface area contributed by atoms with Gasteiger partial charge in [0.1, 0.15) is 18.1 Å². The minimum absolute atomic E-state index is 0.0313. The van der Waals surface area contributed by atoms with Gasteiger partial charge < -0.3 is 9.26 Å². The van der Waals surface area contributed by atoms with E-state index in [0.29, 0.717) is 28.2 Å².